The maximum Gasteiger partial charge on any atom is 2.00 e. The van der Waals surface area contributed by atoms with Crippen LogP contribution in [0.1, 0.15) is 13.8 Å². The van der Waals surface area contributed by atoms with Crippen LogP contribution in [-0.4, -0.2) is 35.8 Å². The van der Waals surface area contributed by atoms with Crippen molar-refractivity contribution < 1.29 is 14.0 Å². The fraction of sp³-hybridized carbons (Fsp3) is 1.00. The quantitative estimate of drug-likeness (QED) is 0.439. The second kappa shape index (κ2) is 5.68. The Balaban J connectivity index is 0. The van der Waals surface area contributed by atoms with Gasteiger partial charge in [0.25, 0.3) is 0 Å². The predicted molar refractivity (Wildman–Crippen MR) is 35.5 cm³/mol. The largest absolute Gasteiger partial charge is 2.00 e. The predicted octanol–water partition coefficient (Wildman–Crippen LogP) is 0.215. The molecule has 0 rings (SSSR count). The van der Waals surface area contributed by atoms with E-state index in [1.165, 1.54) is 0 Å². The molecule has 0 heterocycles. The van der Waals surface area contributed by atoms with E-state index in [0.29, 0.717) is 0 Å². The van der Waals surface area contributed by atoms with E-state index < -0.39 is 7.60 Å². The monoisotopic (exact) mass is 161 g/mol. The van der Waals surface area contributed by atoms with E-state index in [9.17, 15) is 9.46 Å². The minimum atomic E-state index is -3.42. The summed E-state index contributed by atoms with van der Waals surface area (Å²) in [6.45, 7) is 3.46. The van der Waals surface area contributed by atoms with Gasteiger partial charge in [-0.3, -0.25) is 0 Å². The van der Waals surface area contributed by atoms with Gasteiger partial charge in [0.2, 0.25) is 0 Å². The van der Waals surface area contributed by atoms with Crippen molar-refractivity contribution in [3.63, 3.8) is 0 Å². The molecule has 0 amide bonds. The van der Waals surface area contributed by atoms with Crippen molar-refractivity contribution in [1.82, 2.24) is 0 Å². The molecule has 0 bridgehead atoms. The van der Waals surface area contributed by atoms with Crippen molar-refractivity contribution in [3.8, 4) is 0 Å². The second-order valence-corrected chi connectivity index (χ2v) is 3.46. The first-order valence-corrected chi connectivity index (χ1v) is 4.29. The average molecular weight is 161 g/mol. The van der Waals surface area contributed by atoms with Gasteiger partial charge in [-0.15, -0.1) is 0 Å². The maximum atomic E-state index is 10.4. The van der Waals surface area contributed by atoms with Gasteiger partial charge < -0.3 is 14.0 Å². The standard InChI is InChI=1S/C4H11O3P.Mg/c1-3-7-8(5,6)4-2;/h3-4H2,1-2H3,(H,5,6);/q;+2/p-1. The van der Waals surface area contributed by atoms with Gasteiger partial charge in [-0.2, -0.15) is 0 Å². The molecule has 0 fully saturated rings. The van der Waals surface area contributed by atoms with E-state index in [1.54, 1.807) is 13.8 Å². The summed E-state index contributed by atoms with van der Waals surface area (Å²) in [6, 6.07) is 0. The van der Waals surface area contributed by atoms with Crippen LogP contribution in [0.5, 0.6) is 0 Å². The van der Waals surface area contributed by atoms with Gasteiger partial charge in [0.15, 0.2) is 0 Å². The van der Waals surface area contributed by atoms with Crippen molar-refractivity contribution in [2.24, 2.45) is 0 Å². The summed E-state index contributed by atoms with van der Waals surface area (Å²) in [5.74, 6) is 0. The minimum Gasteiger partial charge on any atom is -0.779 e. The fourth-order valence-electron chi connectivity index (χ4n) is 0.288. The van der Waals surface area contributed by atoms with Gasteiger partial charge in [-0.1, -0.05) is 6.92 Å². The molecule has 0 aromatic carbocycles. The summed E-state index contributed by atoms with van der Waals surface area (Å²) < 4.78 is 14.8. The zero-order valence-electron chi connectivity index (χ0n) is 5.79. The van der Waals surface area contributed by atoms with E-state index in [1.807, 2.05) is 0 Å². The Hall–Kier alpha value is 0.916. The second-order valence-electron chi connectivity index (χ2n) is 1.34. The molecule has 1 atom stereocenters. The molecule has 0 N–H and O–H groups in total. The molecule has 3 nitrogen and oxygen atoms in total. The molecule has 0 spiro atoms. The van der Waals surface area contributed by atoms with Crippen molar-refractivity contribution in [2.75, 3.05) is 12.8 Å². The van der Waals surface area contributed by atoms with Crippen molar-refractivity contribution in [3.05, 3.63) is 0 Å². The van der Waals surface area contributed by atoms with Gasteiger partial charge in [0.1, 0.15) is 7.60 Å². The molecule has 0 aromatic rings. The van der Waals surface area contributed by atoms with Crippen LogP contribution in [0.15, 0.2) is 0 Å². The number of rotatable bonds is 3. The maximum absolute atomic E-state index is 10.4. The Morgan fingerprint density at radius 1 is 1.56 bits per heavy atom. The first-order chi connectivity index (χ1) is 3.62. The Morgan fingerprint density at radius 2 is 2.00 bits per heavy atom. The molecule has 0 saturated carbocycles. The summed E-state index contributed by atoms with van der Waals surface area (Å²) in [7, 11) is -3.42. The zero-order chi connectivity index (χ0) is 6.62. The van der Waals surface area contributed by atoms with Crippen LogP contribution in [-0.2, 0) is 9.09 Å². The van der Waals surface area contributed by atoms with Crippen LogP contribution in [0.2, 0.25) is 0 Å². The molecule has 0 aliphatic carbocycles. The molecule has 5 heteroatoms. The van der Waals surface area contributed by atoms with Gasteiger partial charge in [-0.05, 0) is 6.92 Å². The van der Waals surface area contributed by atoms with Gasteiger partial charge in [0.05, 0.1) is 6.61 Å². The summed E-state index contributed by atoms with van der Waals surface area (Å²) >= 11 is 0. The topological polar surface area (TPSA) is 49.4 Å². The van der Waals surface area contributed by atoms with Crippen molar-refractivity contribution in [1.29, 1.82) is 0 Å². The third kappa shape index (κ3) is 6.81. The molecule has 0 saturated heterocycles. The molecule has 50 valence electrons. The first-order valence-electron chi connectivity index (χ1n) is 2.57. The molecule has 9 heavy (non-hydrogen) atoms. The molecular weight excluding hydrogens is 151 g/mol. The smallest absolute Gasteiger partial charge is 0.779 e. The summed E-state index contributed by atoms with van der Waals surface area (Å²) in [5, 5.41) is 0. The first kappa shape index (κ1) is 12.6. The Labute approximate surface area is 71.5 Å². The molecule has 0 aliphatic rings. The average Bonchev–Trinajstić information content (AvgIpc) is 1.67. The molecule has 0 aliphatic heterocycles. The fourth-order valence-corrected chi connectivity index (χ4v) is 0.864. The summed E-state index contributed by atoms with van der Waals surface area (Å²) in [5.41, 5.74) is 0. The molecule has 0 aromatic heterocycles. The Kier molecular flexibility index (Phi) is 7.94. The Bertz CT molecular complexity index is 106. The zero-order valence-corrected chi connectivity index (χ0v) is 8.10. The van der Waals surface area contributed by atoms with Crippen LogP contribution in [0, 0.1) is 0 Å². The molecule has 0 radical (unpaired) electrons. The third-order valence-corrected chi connectivity index (χ3v) is 2.14. The van der Waals surface area contributed by atoms with Crippen LogP contribution in [0.3, 0.4) is 0 Å². The van der Waals surface area contributed by atoms with Crippen LogP contribution < -0.4 is 4.89 Å². The SMILES string of the molecule is CCOP(=O)([O-])CC.[Mg+2]. The number of hydrogen-bond acceptors (Lipinski definition) is 3. The molecular formula is C4H10MgO3P+. The summed E-state index contributed by atoms with van der Waals surface area (Å²) in [4.78, 5) is 10.4. The van der Waals surface area contributed by atoms with Crippen molar-refractivity contribution >= 4 is 30.6 Å². The van der Waals surface area contributed by atoms with Crippen LogP contribution in [0.4, 0.5) is 0 Å². The van der Waals surface area contributed by atoms with E-state index in [0.717, 1.165) is 0 Å². The van der Waals surface area contributed by atoms with Gasteiger partial charge in [-0.25, -0.2) is 0 Å². The van der Waals surface area contributed by atoms with E-state index >= 15 is 0 Å². The minimum absolute atomic E-state index is 0. The molecule has 1 unspecified atom stereocenters. The van der Waals surface area contributed by atoms with Crippen LogP contribution in [0.25, 0.3) is 0 Å². The number of hydrogen-bond donors (Lipinski definition) is 0. The van der Waals surface area contributed by atoms with E-state index in [2.05, 4.69) is 4.52 Å². The normalized spacial score (nSPS) is 15.9. The Morgan fingerprint density at radius 3 is 2.11 bits per heavy atom. The van der Waals surface area contributed by atoms with Crippen molar-refractivity contribution in [2.45, 2.75) is 13.8 Å². The summed E-state index contributed by atoms with van der Waals surface area (Å²) in [6.07, 6.45) is 0.0842. The third-order valence-electron chi connectivity index (χ3n) is 0.713. The van der Waals surface area contributed by atoms with Gasteiger partial charge in [0, 0.05) is 6.16 Å². The van der Waals surface area contributed by atoms with E-state index in [4.69, 9.17) is 0 Å². The van der Waals surface area contributed by atoms with Gasteiger partial charge >= 0.3 is 23.1 Å². The van der Waals surface area contributed by atoms with Crippen LogP contribution >= 0.6 is 7.60 Å². The van der Waals surface area contributed by atoms with E-state index in [-0.39, 0.29) is 35.8 Å².